The Labute approximate surface area is 114 Å². The normalized spacial score (nSPS) is 10.9. The highest BCUT2D eigenvalue weighted by Gasteiger charge is 2.09. The van der Waals surface area contributed by atoms with E-state index in [1.54, 1.807) is 18.3 Å². The molecule has 0 aliphatic carbocycles. The largest absolute Gasteiger partial charge is 0.497 e. The Hall–Kier alpha value is -2.07. The highest BCUT2D eigenvalue weighted by Crippen LogP contribution is 2.30. The molecule has 1 N–H and O–H groups in total. The molecule has 0 aliphatic rings. The highest BCUT2D eigenvalue weighted by molar-refractivity contribution is 6.35. The standard InChI is InChI=1S/C14H10ClFN2O/c1-19-10-5-8(4-9(16)6-10)13-7-11-12(15)2-3-17-14(11)18-13/h2-7H,1H3,(H,17,18). The Balaban J connectivity index is 2.19. The summed E-state index contributed by atoms with van der Waals surface area (Å²) in [5, 5.41) is 1.42. The zero-order chi connectivity index (χ0) is 13.4. The number of benzene rings is 1. The molecule has 0 saturated heterocycles. The van der Waals surface area contributed by atoms with Gasteiger partial charge in [-0.3, -0.25) is 0 Å². The lowest BCUT2D eigenvalue weighted by Crippen LogP contribution is -1.87. The van der Waals surface area contributed by atoms with Crippen LogP contribution < -0.4 is 4.74 Å². The number of fused-ring (bicyclic) bond motifs is 1. The number of pyridine rings is 1. The van der Waals surface area contributed by atoms with E-state index >= 15 is 0 Å². The molecule has 0 unspecified atom stereocenters. The number of nitrogens with zero attached hydrogens (tertiary/aromatic N) is 1. The van der Waals surface area contributed by atoms with E-state index in [9.17, 15) is 4.39 Å². The van der Waals surface area contributed by atoms with E-state index in [0.717, 1.165) is 11.1 Å². The number of halogens is 2. The number of aromatic nitrogens is 2. The van der Waals surface area contributed by atoms with Crippen molar-refractivity contribution in [1.29, 1.82) is 0 Å². The summed E-state index contributed by atoms with van der Waals surface area (Å²) in [4.78, 5) is 7.30. The molecule has 0 fully saturated rings. The number of hydrogen-bond acceptors (Lipinski definition) is 2. The second-order valence-electron chi connectivity index (χ2n) is 4.12. The fraction of sp³-hybridized carbons (Fsp3) is 0.0714. The minimum Gasteiger partial charge on any atom is -0.497 e. The Bertz CT molecular complexity index is 754. The van der Waals surface area contributed by atoms with Crippen LogP contribution in [0.5, 0.6) is 5.75 Å². The third kappa shape index (κ3) is 2.15. The van der Waals surface area contributed by atoms with Gasteiger partial charge in [-0.05, 0) is 24.3 Å². The van der Waals surface area contributed by atoms with E-state index in [1.807, 2.05) is 6.07 Å². The van der Waals surface area contributed by atoms with Crippen LogP contribution in [0.3, 0.4) is 0 Å². The molecule has 3 nitrogen and oxygen atoms in total. The van der Waals surface area contributed by atoms with Gasteiger partial charge in [-0.1, -0.05) is 11.6 Å². The lowest BCUT2D eigenvalue weighted by molar-refractivity contribution is 0.411. The SMILES string of the molecule is COc1cc(F)cc(-c2cc3c(Cl)ccnc3[nH]2)c1. The molecule has 3 rings (SSSR count). The second-order valence-corrected chi connectivity index (χ2v) is 4.53. The predicted octanol–water partition coefficient (Wildman–Crippen LogP) is 4.03. The van der Waals surface area contributed by atoms with Gasteiger partial charge in [0.2, 0.25) is 0 Å². The Morgan fingerprint density at radius 2 is 2.11 bits per heavy atom. The van der Waals surface area contributed by atoms with E-state index < -0.39 is 0 Å². The first-order chi connectivity index (χ1) is 9.17. The molecule has 0 saturated carbocycles. The molecule has 1 aromatic carbocycles. The lowest BCUT2D eigenvalue weighted by Gasteiger charge is -2.03. The molecule has 0 bridgehead atoms. The highest BCUT2D eigenvalue weighted by atomic mass is 35.5. The van der Waals surface area contributed by atoms with Gasteiger partial charge >= 0.3 is 0 Å². The first kappa shape index (κ1) is 12.0. The number of methoxy groups -OCH3 is 1. The fourth-order valence-corrected chi connectivity index (χ4v) is 2.19. The summed E-state index contributed by atoms with van der Waals surface area (Å²) in [6.45, 7) is 0. The summed E-state index contributed by atoms with van der Waals surface area (Å²) >= 11 is 6.09. The van der Waals surface area contributed by atoms with Gasteiger partial charge in [0.15, 0.2) is 0 Å². The molecule has 96 valence electrons. The maximum atomic E-state index is 13.5. The Kier molecular flexibility index (Phi) is 2.87. The molecule has 0 amide bonds. The molecule has 0 atom stereocenters. The van der Waals surface area contributed by atoms with Crippen molar-refractivity contribution in [2.45, 2.75) is 0 Å². The van der Waals surface area contributed by atoms with Crippen LogP contribution in [-0.4, -0.2) is 17.1 Å². The van der Waals surface area contributed by atoms with Crippen molar-refractivity contribution in [3.8, 4) is 17.0 Å². The third-order valence-electron chi connectivity index (χ3n) is 2.90. The summed E-state index contributed by atoms with van der Waals surface area (Å²) in [7, 11) is 1.50. The molecule has 0 aliphatic heterocycles. The van der Waals surface area contributed by atoms with Crippen molar-refractivity contribution in [2.24, 2.45) is 0 Å². The van der Waals surface area contributed by atoms with Gasteiger partial charge in [0.05, 0.1) is 12.1 Å². The minimum atomic E-state index is -0.355. The van der Waals surface area contributed by atoms with Crippen LogP contribution in [0.15, 0.2) is 36.5 Å². The van der Waals surface area contributed by atoms with E-state index in [0.29, 0.717) is 22.0 Å². The van der Waals surface area contributed by atoms with Gasteiger partial charge in [-0.2, -0.15) is 0 Å². The van der Waals surface area contributed by atoms with Crippen molar-refractivity contribution < 1.29 is 9.13 Å². The van der Waals surface area contributed by atoms with Gasteiger partial charge in [-0.25, -0.2) is 9.37 Å². The van der Waals surface area contributed by atoms with Crippen LogP contribution >= 0.6 is 11.6 Å². The zero-order valence-corrected chi connectivity index (χ0v) is 10.8. The van der Waals surface area contributed by atoms with Crippen molar-refractivity contribution >= 4 is 22.6 Å². The summed E-state index contributed by atoms with van der Waals surface area (Å²) in [6.07, 6.45) is 1.62. The number of hydrogen-bond donors (Lipinski definition) is 1. The molecule has 3 aromatic rings. The average molecular weight is 277 g/mol. The van der Waals surface area contributed by atoms with Gasteiger partial charge in [0.25, 0.3) is 0 Å². The number of H-pyrrole nitrogens is 1. The number of ether oxygens (including phenoxy) is 1. The van der Waals surface area contributed by atoms with Crippen molar-refractivity contribution in [3.63, 3.8) is 0 Å². The van der Waals surface area contributed by atoms with E-state index in [2.05, 4.69) is 9.97 Å². The number of rotatable bonds is 2. The summed E-state index contributed by atoms with van der Waals surface area (Å²) in [5.41, 5.74) is 2.10. The van der Waals surface area contributed by atoms with Crippen LogP contribution in [0.2, 0.25) is 5.02 Å². The Morgan fingerprint density at radius 3 is 2.84 bits per heavy atom. The molecule has 0 radical (unpaired) electrons. The van der Waals surface area contributed by atoms with Gasteiger partial charge < -0.3 is 9.72 Å². The lowest BCUT2D eigenvalue weighted by atomic mass is 10.1. The number of aromatic amines is 1. The van der Waals surface area contributed by atoms with Crippen LogP contribution in [0.25, 0.3) is 22.3 Å². The molecule has 2 heterocycles. The molecule has 2 aromatic heterocycles. The van der Waals surface area contributed by atoms with E-state index in [4.69, 9.17) is 16.3 Å². The monoisotopic (exact) mass is 276 g/mol. The maximum absolute atomic E-state index is 13.5. The predicted molar refractivity (Wildman–Crippen MR) is 73.0 cm³/mol. The number of nitrogens with one attached hydrogen (secondary N) is 1. The maximum Gasteiger partial charge on any atom is 0.139 e. The first-order valence-electron chi connectivity index (χ1n) is 5.65. The molecule has 5 heteroatoms. The van der Waals surface area contributed by atoms with Crippen LogP contribution in [0.4, 0.5) is 4.39 Å². The van der Waals surface area contributed by atoms with E-state index in [1.165, 1.54) is 19.2 Å². The van der Waals surface area contributed by atoms with Crippen molar-refractivity contribution in [2.75, 3.05) is 7.11 Å². The minimum absolute atomic E-state index is 0.355. The molecule has 19 heavy (non-hydrogen) atoms. The summed E-state index contributed by atoms with van der Waals surface area (Å²) < 4.78 is 18.6. The smallest absolute Gasteiger partial charge is 0.139 e. The first-order valence-corrected chi connectivity index (χ1v) is 6.03. The van der Waals surface area contributed by atoms with Crippen LogP contribution in [0, 0.1) is 5.82 Å². The quantitative estimate of drug-likeness (QED) is 0.767. The van der Waals surface area contributed by atoms with Crippen molar-refractivity contribution in [3.05, 3.63) is 47.4 Å². The van der Waals surface area contributed by atoms with Crippen molar-refractivity contribution in [1.82, 2.24) is 9.97 Å². The van der Waals surface area contributed by atoms with E-state index in [-0.39, 0.29) is 5.82 Å². The Morgan fingerprint density at radius 1 is 1.26 bits per heavy atom. The molecular weight excluding hydrogens is 267 g/mol. The van der Waals surface area contributed by atoms with Gasteiger partial charge in [0.1, 0.15) is 17.2 Å². The second kappa shape index (κ2) is 4.55. The molecular formula is C14H10ClFN2O. The topological polar surface area (TPSA) is 37.9 Å². The van der Waals surface area contributed by atoms with Gasteiger partial charge in [-0.15, -0.1) is 0 Å². The van der Waals surface area contributed by atoms with Crippen LogP contribution in [0.1, 0.15) is 0 Å². The zero-order valence-electron chi connectivity index (χ0n) is 10.1. The third-order valence-corrected chi connectivity index (χ3v) is 3.23. The van der Waals surface area contributed by atoms with Crippen LogP contribution in [-0.2, 0) is 0 Å². The summed E-state index contributed by atoms with van der Waals surface area (Å²) in [5.74, 6) is 0.111. The molecule has 0 spiro atoms. The summed E-state index contributed by atoms with van der Waals surface area (Å²) in [6, 6.07) is 8.08. The fourth-order valence-electron chi connectivity index (χ4n) is 1.99. The van der Waals surface area contributed by atoms with Gasteiger partial charge in [0, 0.05) is 28.9 Å². The average Bonchev–Trinajstić information content (AvgIpc) is 2.83.